The molecule has 1 atom stereocenters. The van der Waals surface area contributed by atoms with E-state index in [1.165, 1.54) is 11.3 Å². The monoisotopic (exact) mass is 420 g/mol. The second kappa shape index (κ2) is 7.96. The Kier molecular flexibility index (Phi) is 5.43. The van der Waals surface area contributed by atoms with Gasteiger partial charge in [0, 0.05) is 17.3 Å². The molecule has 1 amide bonds. The van der Waals surface area contributed by atoms with Crippen molar-refractivity contribution in [3.8, 4) is 11.5 Å². The van der Waals surface area contributed by atoms with Crippen molar-refractivity contribution in [2.45, 2.75) is 12.6 Å². The third-order valence-corrected chi connectivity index (χ3v) is 6.02. The lowest BCUT2D eigenvalue weighted by Gasteiger charge is -2.23. The molecular weight excluding hydrogens is 404 g/mol. The summed E-state index contributed by atoms with van der Waals surface area (Å²) < 4.78 is 14.5. The summed E-state index contributed by atoms with van der Waals surface area (Å²) in [5, 5.41) is 0.666. The highest BCUT2D eigenvalue weighted by Crippen LogP contribution is 2.31. The molecule has 8 heteroatoms. The lowest BCUT2D eigenvalue weighted by Crippen LogP contribution is -2.36. The van der Waals surface area contributed by atoms with Crippen LogP contribution in [0.4, 0.5) is 0 Å². The van der Waals surface area contributed by atoms with Gasteiger partial charge in [-0.3, -0.25) is 4.79 Å². The number of thioether (sulfide) groups is 1. The van der Waals surface area contributed by atoms with Crippen molar-refractivity contribution in [3.05, 3.63) is 52.3 Å². The average Bonchev–Trinajstić information content (AvgIpc) is 3.01. The van der Waals surface area contributed by atoms with Gasteiger partial charge < -0.3 is 14.0 Å². The van der Waals surface area contributed by atoms with Crippen molar-refractivity contribution in [3.63, 3.8) is 0 Å². The van der Waals surface area contributed by atoms with Crippen LogP contribution in [0.2, 0.25) is 5.02 Å². The van der Waals surface area contributed by atoms with Crippen LogP contribution >= 0.6 is 34.7 Å². The first-order valence-electron chi connectivity index (χ1n) is 8.40. The predicted octanol–water partition coefficient (Wildman–Crippen LogP) is 3.99. The number of thiazole rings is 1. The minimum atomic E-state index is -0.747. The maximum Gasteiger partial charge on any atom is 0.292 e. The number of nitrogens with zero attached hydrogens (tertiary/aromatic N) is 2. The van der Waals surface area contributed by atoms with E-state index in [1.807, 2.05) is 36.4 Å². The molecule has 0 bridgehead atoms. The highest BCUT2D eigenvalue weighted by molar-refractivity contribution is 7.98. The topological polar surface area (TPSA) is 52.8 Å². The Morgan fingerprint density at radius 3 is 2.96 bits per heavy atom. The molecule has 2 heterocycles. The van der Waals surface area contributed by atoms with Crippen LogP contribution in [0, 0.1) is 0 Å². The first-order valence-corrected chi connectivity index (χ1v) is 11.0. The molecule has 5 nitrogen and oxygen atoms in total. The zero-order valence-electron chi connectivity index (χ0n) is 14.6. The molecule has 1 aromatic heterocycles. The number of aryl methyl sites for hydroxylation is 1. The summed E-state index contributed by atoms with van der Waals surface area (Å²) in [5.74, 6) is 1.79. The largest absolute Gasteiger partial charge is 0.485 e. The number of hydrogen-bond donors (Lipinski definition) is 0. The number of rotatable bonds is 4. The molecule has 0 aliphatic carbocycles. The van der Waals surface area contributed by atoms with Crippen LogP contribution in [0.5, 0.6) is 11.5 Å². The first kappa shape index (κ1) is 18.4. The number of amides is 1. The average molecular weight is 421 g/mol. The molecule has 0 N–H and O–H groups in total. The SMILES string of the molecule is CSCCn1c(=NC(=O)C2COc3ccccc3O2)sc2cc(Cl)ccc21. The van der Waals surface area contributed by atoms with Gasteiger partial charge in [-0.05, 0) is 36.6 Å². The zero-order chi connectivity index (χ0) is 18.8. The van der Waals surface area contributed by atoms with Crippen molar-refractivity contribution in [2.75, 3.05) is 18.6 Å². The van der Waals surface area contributed by atoms with E-state index >= 15 is 0 Å². The van der Waals surface area contributed by atoms with Crippen molar-refractivity contribution >= 4 is 50.8 Å². The van der Waals surface area contributed by atoms with E-state index in [4.69, 9.17) is 21.1 Å². The predicted molar refractivity (Wildman–Crippen MR) is 110 cm³/mol. The van der Waals surface area contributed by atoms with Crippen LogP contribution in [-0.4, -0.2) is 35.2 Å². The molecule has 0 spiro atoms. The van der Waals surface area contributed by atoms with E-state index in [0.717, 1.165) is 22.5 Å². The Morgan fingerprint density at radius 2 is 2.15 bits per heavy atom. The number of para-hydroxylation sites is 2. The molecule has 1 unspecified atom stereocenters. The van der Waals surface area contributed by atoms with Crippen molar-refractivity contribution in [1.82, 2.24) is 4.57 Å². The molecule has 0 saturated heterocycles. The fourth-order valence-corrected chi connectivity index (χ4v) is 4.54. The van der Waals surface area contributed by atoms with E-state index in [-0.39, 0.29) is 12.5 Å². The summed E-state index contributed by atoms with van der Waals surface area (Å²) in [6.45, 7) is 0.917. The first-order chi connectivity index (χ1) is 13.2. The molecular formula is C19H17ClN2O3S2. The van der Waals surface area contributed by atoms with Gasteiger partial charge >= 0.3 is 0 Å². The Morgan fingerprint density at radius 1 is 1.33 bits per heavy atom. The van der Waals surface area contributed by atoms with Gasteiger partial charge in [-0.15, -0.1) is 0 Å². The summed E-state index contributed by atoms with van der Waals surface area (Å²) in [6, 6.07) is 13.0. The highest BCUT2D eigenvalue weighted by Gasteiger charge is 2.27. The summed E-state index contributed by atoms with van der Waals surface area (Å²) in [7, 11) is 0. The Hall–Kier alpha value is -1.96. The van der Waals surface area contributed by atoms with Gasteiger partial charge in [0.2, 0.25) is 6.10 Å². The van der Waals surface area contributed by atoms with Crippen LogP contribution in [-0.2, 0) is 11.3 Å². The molecule has 0 saturated carbocycles. The van der Waals surface area contributed by atoms with Crippen LogP contribution in [0.1, 0.15) is 0 Å². The Labute approximate surface area is 169 Å². The molecule has 27 heavy (non-hydrogen) atoms. The van der Waals surface area contributed by atoms with Gasteiger partial charge in [-0.25, -0.2) is 0 Å². The molecule has 140 valence electrons. The number of fused-ring (bicyclic) bond motifs is 2. The van der Waals surface area contributed by atoms with Crippen LogP contribution in [0.3, 0.4) is 0 Å². The van der Waals surface area contributed by atoms with Crippen molar-refractivity contribution in [1.29, 1.82) is 0 Å². The number of halogens is 1. The fraction of sp³-hybridized carbons (Fsp3) is 0.263. The maximum atomic E-state index is 12.7. The molecule has 4 rings (SSSR count). The summed E-state index contributed by atoms with van der Waals surface area (Å²) in [6.07, 6.45) is 1.31. The summed E-state index contributed by atoms with van der Waals surface area (Å²) in [4.78, 5) is 17.7. The van der Waals surface area contributed by atoms with Crippen molar-refractivity contribution < 1.29 is 14.3 Å². The van der Waals surface area contributed by atoms with Crippen LogP contribution in [0.15, 0.2) is 47.5 Å². The van der Waals surface area contributed by atoms with Gasteiger partial charge in [0.25, 0.3) is 5.91 Å². The van der Waals surface area contributed by atoms with E-state index in [9.17, 15) is 4.79 Å². The third kappa shape index (κ3) is 3.85. The Balaban J connectivity index is 1.68. The van der Waals surface area contributed by atoms with Crippen LogP contribution < -0.4 is 14.3 Å². The summed E-state index contributed by atoms with van der Waals surface area (Å²) in [5.41, 5.74) is 1.02. The van der Waals surface area contributed by atoms with Gasteiger partial charge in [0.15, 0.2) is 16.3 Å². The van der Waals surface area contributed by atoms with E-state index in [0.29, 0.717) is 21.3 Å². The lowest BCUT2D eigenvalue weighted by atomic mass is 10.2. The van der Waals surface area contributed by atoms with Crippen LogP contribution in [0.25, 0.3) is 10.2 Å². The fourth-order valence-electron chi connectivity index (χ4n) is 2.84. The van der Waals surface area contributed by atoms with Gasteiger partial charge in [-0.2, -0.15) is 16.8 Å². The number of carbonyl (C=O) groups excluding carboxylic acids is 1. The smallest absolute Gasteiger partial charge is 0.292 e. The zero-order valence-corrected chi connectivity index (χ0v) is 16.9. The number of hydrogen-bond acceptors (Lipinski definition) is 5. The van der Waals surface area contributed by atoms with E-state index < -0.39 is 6.10 Å². The van der Waals surface area contributed by atoms with E-state index in [2.05, 4.69) is 15.8 Å². The number of carbonyl (C=O) groups is 1. The van der Waals surface area contributed by atoms with Gasteiger partial charge in [-0.1, -0.05) is 35.1 Å². The highest BCUT2D eigenvalue weighted by atomic mass is 35.5. The third-order valence-electron chi connectivity index (χ3n) is 4.15. The number of benzene rings is 2. The molecule has 3 aromatic rings. The molecule has 0 radical (unpaired) electrons. The second-order valence-corrected chi connectivity index (χ2v) is 8.39. The minimum Gasteiger partial charge on any atom is -0.485 e. The maximum absolute atomic E-state index is 12.7. The minimum absolute atomic E-state index is 0.154. The quantitative estimate of drug-likeness (QED) is 0.640. The lowest BCUT2D eigenvalue weighted by molar-refractivity contribution is -0.127. The Bertz CT molecular complexity index is 1060. The van der Waals surface area contributed by atoms with E-state index in [1.54, 1.807) is 17.8 Å². The second-order valence-electron chi connectivity index (χ2n) is 5.96. The number of aromatic nitrogens is 1. The van der Waals surface area contributed by atoms with Gasteiger partial charge in [0.05, 0.1) is 10.2 Å². The molecule has 1 aliphatic rings. The normalized spacial score (nSPS) is 16.7. The van der Waals surface area contributed by atoms with Crippen molar-refractivity contribution in [2.24, 2.45) is 4.99 Å². The number of ether oxygens (including phenoxy) is 2. The molecule has 0 fully saturated rings. The van der Waals surface area contributed by atoms with Gasteiger partial charge in [0.1, 0.15) is 6.61 Å². The molecule has 1 aliphatic heterocycles. The summed E-state index contributed by atoms with van der Waals surface area (Å²) >= 11 is 9.32. The standard InChI is InChI=1S/C19H17ClN2O3S2/c1-26-9-8-22-13-7-6-12(20)10-17(13)27-19(22)21-18(23)16-11-24-14-4-2-3-5-15(14)25-16/h2-7,10,16H,8-9,11H2,1H3. The molecule has 2 aromatic carbocycles.